The van der Waals surface area contributed by atoms with E-state index in [1.165, 1.54) is 11.3 Å². The molecule has 0 unspecified atom stereocenters. The van der Waals surface area contributed by atoms with E-state index in [-0.39, 0.29) is 18.1 Å². The van der Waals surface area contributed by atoms with Crippen LogP contribution in [0, 0.1) is 0 Å². The van der Waals surface area contributed by atoms with Crippen molar-refractivity contribution in [1.29, 1.82) is 0 Å². The Bertz CT molecular complexity index is 747. The first kappa shape index (κ1) is 20.5. The summed E-state index contributed by atoms with van der Waals surface area (Å²) < 4.78 is 0. The summed E-state index contributed by atoms with van der Waals surface area (Å²) in [6, 6.07) is 0.187. The van der Waals surface area contributed by atoms with Gasteiger partial charge in [-0.15, -0.1) is 11.3 Å². The fourth-order valence-corrected chi connectivity index (χ4v) is 3.68. The molecule has 0 spiro atoms. The predicted molar refractivity (Wildman–Crippen MR) is 111 cm³/mol. The van der Waals surface area contributed by atoms with Crippen molar-refractivity contribution in [3.8, 4) is 0 Å². The highest BCUT2D eigenvalue weighted by Crippen LogP contribution is 2.24. The minimum absolute atomic E-state index is 0.187. The van der Waals surface area contributed by atoms with E-state index in [1.807, 2.05) is 5.38 Å². The van der Waals surface area contributed by atoms with E-state index in [2.05, 4.69) is 37.8 Å². The summed E-state index contributed by atoms with van der Waals surface area (Å²) in [4.78, 5) is 25.8. The molecule has 0 saturated heterocycles. The van der Waals surface area contributed by atoms with E-state index in [0.29, 0.717) is 23.9 Å². The van der Waals surface area contributed by atoms with Crippen molar-refractivity contribution in [2.75, 3.05) is 17.2 Å². The molecule has 3 rings (SSSR count). The van der Waals surface area contributed by atoms with Gasteiger partial charge in [0.1, 0.15) is 16.4 Å². The molecule has 0 radical (unpaired) electrons. The van der Waals surface area contributed by atoms with Gasteiger partial charge >= 0.3 is 0 Å². The van der Waals surface area contributed by atoms with Crippen molar-refractivity contribution in [3.05, 3.63) is 28.3 Å². The van der Waals surface area contributed by atoms with Crippen LogP contribution in [0.25, 0.3) is 0 Å². The van der Waals surface area contributed by atoms with Gasteiger partial charge in [0, 0.05) is 30.4 Å². The molecule has 0 aliphatic heterocycles. The van der Waals surface area contributed by atoms with Crippen LogP contribution in [0.3, 0.4) is 0 Å². The van der Waals surface area contributed by atoms with Gasteiger partial charge in [-0.25, -0.2) is 9.97 Å². The van der Waals surface area contributed by atoms with E-state index in [4.69, 9.17) is 0 Å². The molecule has 0 bridgehead atoms. The van der Waals surface area contributed by atoms with Crippen LogP contribution < -0.4 is 16.0 Å². The second-order valence-electron chi connectivity index (χ2n) is 6.99. The van der Waals surface area contributed by atoms with Crippen LogP contribution in [0.5, 0.6) is 0 Å². The summed E-state index contributed by atoms with van der Waals surface area (Å²) in [5.74, 6) is 0.823. The molecule has 2 aromatic heterocycles. The van der Waals surface area contributed by atoms with E-state index in [1.54, 1.807) is 12.4 Å². The summed E-state index contributed by atoms with van der Waals surface area (Å²) in [5.41, 5.74) is 0.420. The molecule has 2 heterocycles. The Labute approximate surface area is 169 Å². The maximum atomic E-state index is 12.7. The second-order valence-corrected chi connectivity index (χ2v) is 7.97. The lowest BCUT2D eigenvalue weighted by molar-refractivity contribution is 0.0950. The van der Waals surface area contributed by atoms with Crippen LogP contribution in [-0.2, 0) is 6.54 Å². The molecule has 1 saturated carbocycles. The van der Waals surface area contributed by atoms with Crippen molar-refractivity contribution in [2.45, 2.75) is 64.1 Å². The number of thiazole rings is 1. The Morgan fingerprint density at radius 2 is 2.11 bits per heavy atom. The maximum Gasteiger partial charge on any atom is 0.256 e. The number of hydrogen-bond donors (Lipinski definition) is 4. The molecule has 1 amide bonds. The SMILES string of the molecule is CCCCNc1ncc(C(=O)NCc2nccs2)c(NC2CCC(O)CC2)n1. The van der Waals surface area contributed by atoms with Crippen molar-refractivity contribution in [1.82, 2.24) is 20.3 Å². The van der Waals surface area contributed by atoms with Crippen LogP contribution in [0.2, 0.25) is 0 Å². The van der Waals surface area contributed by atoms with Gasteiger partial charge < -0.3 is 21.1 Å². The molecule has 4 N–H and O–H groups in total. The number of nitrogens with zero attached hydrogens (tertiary/aromatic N) is 3. The van der Waals surface area contributed by atoms with Crippen LogP contribution >= 0.6 is 11.3 Å². The molecule has 152 valence electrons. The highest BCUT2D eigenvalue weighted by atomic mass is 32.1. The third-order valence-corrected chi connectivity index (χ3v) is 5.55. The molecule has 2 aromatic rings. The van der Waals surface area contributed by atoms with Crippen molar-refractivity contribution in [3.63, 3.8) is 0 Å². The van der Waals surface area contributed by atoms with E-state index in [0.717, 1.165) is 50.1 Å². The third kappa shape index (κ3) is 5.87. The second kappa shape index (κ2) is 10.3. The Balaban J connectivity index is 1.71. The zero-order chi connectivity index (χ0) is 19.8. The minimum atomic E-state index is -0.228. The standard InChI is InChI=1S/C19H28N6O2S/c1-2-3-8-21-19-23-11-15(18(27)22-12-16-20-9-10-28-16)17(25-19)24-13-4-6-14(26)7-5-13/h9-11,13-14,26H,2-8,12H2,1H3,(H,22,27)(H2,21,23,24,25). The summed E-state index contributed by atoms with van der Waals surface area (Å²) in [6.07, 6.45) is 8.40. The monoisotopic (exact) mass is 404 g/mol. The number of rotatable bonds is 9. The molecule has 9 heteroatoms. The first-order valence-electron chi connectivity index (χ1n) is 9.87. The quantitative estimate of drug-likeness (QED) is 0.475. The summed E-state index contributed by atoms with van der Waals surface area (Å²) in [6.45, 7) is 3.30. The Kier molecular flexibility index (Phi) is 7.55. The molecule has 0 aromatic carbocycles. The average molecular weight is 405 g/mol. The van der Waals surface area contributed by atoms with Gasteiger partial charge in [-0.3, -0.25) is 4.79 Å². The summed E-state index contributed by atoms with van der Waals surface area (Å²) in [7, 11) is 0. The van der Waals surface area contributed by atoms with Crippen LogP contribution in [-0.4, -0.2) is 44.7 Å². The van der Waals surface area contributed by atoms with E-state index >= 15 is 0 Å². The molecule has 8 nitrogen and oxygen atoms in total. The number of amides is 1. The molecule has 1 aliphatic rings. The molecule has 1 aliphatic carbocycles. The van der Waals surface area contributed by atoms with Gasteiger partial charge in [0.05, 0.1) is 12.6 Å². The molecular weight excluding hydrogens is 376 g/mol. The Morgan fingerprint density at radius 3 is 2.82 bits per heavy atom. The lowest BCUT2D eigenvalue weighted by atomic mass is 9.93. The van der Waals surface area contributed by atoms with Crippen LogP contribution in [0.1, 0.15) is 60.8 Å². The number of hydrogen-bond acceptors (Lipinski definition) is 8. The number of aliphatic hydroxyl groups is 1. The normalized spacial score (nSPS) is 19.2. The average Bonchev–Trinajstić information content (AvgIpc) is 3.22. The van der Waals surface area contributed by atoms with Gasteiger partial charge in [-0.05, 0) is 32.1 Å². The zero-order valence-corrected chi connectivity index (χ0v) is 17.0. The smallest absolute Gasteiger partial charge is 0.256 e. The van der Waals surface area contributed by atoms with Crippen LogP contribution in [0.4, 0.5) is 11.8 Å². The fraction of sp³-hybridized carbons (Fsp3) is 0.579. The van der Waals surface area contributed by atoms with Gasteiger partial charge in [-0.2, -0.15) is 4.98 Å². The lowest BCUT2D eigenvalue weighted by Crippen LogP contribution is -2.31. The summed E-state index contributed by atoms with van der Waals surface area (Å²) >= 11 is 1.50. The number of aromatic nitrogens is 3. The Hall–Kier alpha value is -2.26. The van der Waals surface area contributed by atoms with Gasteiger partial charge in [-0.1, -0.05) is 13.3 Å². The summed E-state index contributed by atoms with van der Waals surface area (Å²) in [5, 5.41) is 22.0. The number of anilines is 2. The first-order valence-corrected chi connectivity index (χ1v) is 10.8. The van der Waals surface area contributed by atoms with Crippen LogP contribution in [0.15, 0.2) is 17.8 Å². The number of aliphatic hydroxyl groups excluding tert-OH is 1. The Morgan fingerprint density at radius 1 is 1.29 bits per heavy atom. The van der Waals surface area contributed by atoms with Crippen molar-refractivity contribution >= 4 is 29.0 Å². The number of unbranched alkanes of at least 4 members (excludes halogenated alkanes) is 1. The van der Waals surface area contributed by atoms with Crippen molar-refractivity contribution < 1.29 is 9.90 Å². The lowest BCUT2D eigenvalue weighted by Gasteiger charge is -2.27. The van der Waals surface area contributed by atoms with Gasteiger partial charge in [0.25, 0.3) is 5.91 Å². The number of nitrogens with one attached hydrogen (secondary N) is 3. The predicted octanol–water partition coefficient (Wildman–Crippen LogP) is 2.79. The zero-order valence-electron chi connectivity index (χ0n) is 16.1. The molecule has 1 fully saturated rings. The van der Waals surface area contributed by atoms with Gasteiger partial charge in [0.2, 0.25) is 5.95 Å². The van der Waals surface area contributed by atoms with Crippen molar-refractivity contribution in [2.24, 2.45) is 0 Å². The number of carbonyl (C=O) groups is 1. The molecule has 28 heavy (non-hydrogen) atoms. The highest BCUT2D eigenvalue weighted by Gasteiger charge is 2.22. The largest absolute Gasteiger partial charge is 0.393 e. The first-order chi connectivity index (χ1) is 13.7. The third-order valence-electron chi connectivity index (χ3n) is 4.77. The topological polar surface area (TPSA) is 112 Å². The van der Waals surface area contributed by atoms with E-state index < -0.39 is 0 Å². The highest BCUT2D eigenvalue weighted by molar-refractivity contribution is 7.09. The minimum Gasteiger partial charge on any atom is -0.393 e. The molecule has 0 atom stereocenters. The maximum absolute atomic E-state index is 12.7. The number of carbonyl (C=O) groups excluding carboxylic acids is 1. The van der Waals surface area contributed by atoms with Gasteiger partial charge in [0.15, 0.2) is 0 Å². The fourth-order valence-electron chi connectivity index (χ4n) is 3.13. The van der Waals surface area contributed by atoms with E-state index in [9.17, 15) is 9.90 Å². The molecular formula is C19H28N6O2S.